The molecule has 1 aromatic carbocycles. The van der Waals surface area contributed by atoms with Crippen molar-refractivity contribution in [1.29, 1.82) is 0 Å². The first kappa shape index (κ1) is 23.2. The van der Waals surface area contributed by atoms with Gasteiger partial charge in [0.15, 0.2) is 0 Å². The molecule has 1 aliphatic rings. The lowest BCUT2D eigenvalue weighted by Crippen LogP contribution is -2.31. The van der Waals surface area contributed by atoms with E-state index in [0.29, 0.717) is 17.1 Å². The van der Waals surface area contributed by atoms with Crippen LogP contribution >= 0.6 is 11.6 Å². The first-order valence-electron chi connectivity index (χ1n) is 11.8. The van der Waals surface area contributed by atoms with Gasteiger partial charge in [0.25, 0.3) is 5.91 Å². The highest BCUT2D eigenvalue weighted by atomic mass is 35.5. The number of rotatable bonds is 8. The van der Waals surface area contributed by atoms with Crippen molar-refractivity contribution in [2.24, 2.45) is 0 Å². The van der Waals surface area contributed by atoms with Crippen LogP contribution in [-0.4, -0.2) is 30.7 Å². The number of imidazole rings is 1. The van der Waals surface area contributed by atoms with Crippen molar-refractivity contribution in [3.05, 3.63) is 112 Å². The van der Waals surface area contributed by atoms with Crippen LogP contribution in [0, 0.1) is 0 Å². The molecule has 35 heavy (non-hydrogen) atoms. The minimum atomic E-state index is -0.212. The molecule has 178 valence electrons. The molecule has 8 heteroatoms. The van der Waals surface area contributed by atoms with Crippen molar-refractivity contribution >= 4 is 17.5 Å². The SMILES string of the molecule is O=C(NCc1ccc(CN(Cc2cnc[nH]2)C2CCCc3cccnc32)cc1)c1ccncc1Cl. The van der Waals surface area contributed by atoms with Crippen molar-refractivity contribution in [3.8, 4) is 0 Å². The average molecular weight is 487 g/mol. The summed E-state index contributed by atoms with van der Waals surface area (Å²) in [4.78, 5) is 31.0. The predicted octanol–water partition coefficient (Wildman–Crippen LogP) is 4.86. The van der Waals surface area contributed by atoms with Crippen molar-refractivity contribution in [1.82, 2.24) is 30.2 Å². The second-order valence-corrected chi connectivity index (χ2v) is 9.20. The van der Waals surface area contributed by atoms with Gasteiger partial charge in [-0.15, -0.1) is 0 Å². The summed E-state index contributed by atoms with van der Waals surface area (Å²) >= 11 is 6.08. The maximum atomic E-state index is 12.4. The summed E-state index contributed by atoms with van der Waals surface area (Å²) in [5.74, 6) is -0.212. The van der Waals surface area contributed by atoms with Gasteiger partial charge in [-0.25, -0.2) is 4.98 Å². The van der Waals surface area contributed by atoms with E-state index in [0.717, 1.165) is 43.6 Å². The number of fused-ring (bicyclic) bond motifs is 1. The Hall–Kier alpha value is -3.55. The van der Waals surface area contributed by atoms with Gasteiger partial charge in [-0.1, -0.05) is 41.9 Å². The molecule has 7 nitrogen and oxygen atoms in total. The molecule has 1 unspecified atom stereocenters. The van der Waals surface area contributed by atoms with Crippen molar-refractivity contribution in [2.75, 3.05) is 0 Å². The van der Waals surface area contributed by atoms with Gasteiger partial charge in [0.2, 0.25) is 0 Å². The molecule has 1 atom stereocenters. The lowest BCUT2D eigenvalue weighted by Gasteiger charge is -2.35. The monoisotopic (exact) mass is 486 g/mol. The van der Waals surface area contributed by atoms with Gasteiger partial charge in [0.1, 0.15) is 0 Å². The van der Waals surface area contributed by atoms with Crippen LogP contribution in [0.15, 0.2) is 73.6 Å². The first-order valence-corrected chi connectivity index (χ1v) is 12.2. The second-order valence-electron chi connectivity index (χ2n) is 8.79. The van der Waals surface area contributed by atoms with Crippen LogP contribution < -0.4 is 5.32 Å². The Morgan fingerprint density at radius 3 is 2.71 bits per heavy atom. The Bertz CT molecular complexity index is 1280. The maximum absolute atomic E-state index is 12.4. The topological polar surface area (TPSA) is 86.8 Å². The van der Waals surface area contributed by atoms with Crippen LogP contribution in [0.25, 0.3) is 0 Å². The second kappa shape index (κ2) is 10.8. The summed E-state index contributed by atoms with van der Waals surface area (Å²) in [6.07, 6.45) is 11.9. The van der Waals surface area contributed by atoms with Crippen LogP contribution in [0.2, 0.25) is 5.02 Å². The minimum absolute atomic E-state index is 0.212. The molecule has 0 radical (unpaired) electrons. The van der Waals surface area contributed by atoms with E-state index >= 15 is 0 Å². The van der Waals surface area contributed by atoms with Crippen LogP contribution in [0.4, 0.5) is 0 Å². The largest absolute Gasteiger partial charge is 0.348 e. The Labute approximate surface area is 209 Å². The van der Waals surface area contributed by atoms with E-state index in [-0.39, 0.29) is 11.9 Å². The molecule has 0 saturated heterocycles. The van der Waals surface area contributed by atoms with Crippen LogP contribution in [0.1, 0.15) is 57.3 Å². The molecule has 0 aliphatic heterocycles. The van der Waals surface area contributed by atoms with Crippen molar-refractivity contribution in [3.63, 3.8) is 0 Å². The Morgan fingerprint density at radius 1 is 1.06 bits per heavy atom. The highest BCUT2D eigenvalue weighted by Crippen LogP contribution is 2.34. The third-order valence-corrected chi connectivity index (χ3v) is 6.71. The van der Waals surface area contributed by atoms with Gasteiger partial charge in [0.05, 0.1) is 28.6 Å². The zero-order chi connectivity index (χ0) is 24.0. The van der Waals surface area contributed by atoms with E-state index < -0.39 is 0 Å². The number of halogens is 1. The minimum Gasteiger partial charge on any atom is -0.348 e. The fourth-order valence-electron chi connectivity index (χ4n) is 4.64. The molecule has 2 N–H and O–H groups in total. The van der Waals surface area contributed by atoms with E-state index in [2.05, 4.69) is 55.5 Å². The fourth-order valence-corrected chi connectivity index (χ4v) is 4.85. The summed E-state index contributed by atoms with van der Waals surface area (Å²) in [6, 6.07) is 14.5. The number of pyridine rings is 2. The van der Waals surface area contributed by atoms with E-state index in [1.54, 1.807) is 18.6 Å². The number of hydrogen-bond donors (Lipinski definition) is 2. The number of benzene rings is 1. The van der Waals surface area contributed by atoms with E-state index in [9.17, 15) is 4.79 Å². The van der Waals surface area contributed by atoms with Crippen LogP contribution in [0.3, 0.4) is 0 Å². The molecule has 5 rings (SSSR count). The standard InChI is InChI=1S/C27H27ClN6O/c28-24-15-29-12-10-23(24)27(35)32-13-19-6-8-20(9-7-19)16-34(17-22-14-30-18-33-22)25-5-1-3-21-4-2-11-31-26(21)25/h2,4,6-12,14-15,18,25H,1,3,5,13,16-17H2,(H,30,33)(H,32,35). The quantitative estimate of drug-likeness (QED) is 0.371. The van der Waals surface area contributed by atoms with Gasteiger partial charge in [-0.3, -0.25) is 19.7 Å². The Morgan fingerprint density at radius 2 is 1.91 bits per heavy atom. The number of aromatic nitrogens is 4. The number of nitrogens with zero attached hydrogens (tertiary/aromatic N) is 4. The van der Waals surface area contributed by atoms with E-state index in [1.807, 2.05) is 18.5 Å². The third kappa shape index (κ3) is 5.58. The third-order valence-electron chi connectivity index (χ3n) is 6.41. The number of nitrogens with one attached hydrogen (secondary N) is 2. The summed E-state index contributed by atoms with van der Waals surface area (Å²) in [5, 5.41) is 3.27. The summed E-state index contributed by atoms with van der Waals surface area (Å²) in [7, 11) is 0. The Balaban J connectivity index is 1.28. The highest BCUT2D eigenvalue weighted by molar-refractivity contribution is 6.33. The van der Waals surface area contributed by atoms with E-state index in [4.69, 9.17) is 16.6 Å². The molecular formula is C27H27ClN6O. The molecular weight excluding hydrogens is 460 g/mol. The van der Waals surface area contributed by atoms with E-state index in [1.165, 1.54) is 23.0 Å². The molecule has 3 heterocycles. The summed E-state index contributed by atoms with van der Waals surface area (Å²) in [6.45, 7) is 1.99. The fraction of sp³-hybridized carbons (Fsp3) is 0.259. The van der Waals surface area contributed by atoms with Crippen LogP contribution in [0.5, 0.6) is 0 Å². The number of carbonyl (C=O) groups is 1. The summed E-state index contributed by atoms with van der Waals surface area (Å²) in [5.41, 5.74) is 6.28. The summed E-state index contributed by atoms with van der Waals surface area (Å²) < 4.78 is 0. The normalized spacial score (nSPS) is 15.1. The molecule has 0 spiro atoms. The molecule has 3 aromatic heterocycles. The lowest BCUT2D eigenvalue weighted by atomic mass is 9.90. The first-order chi connectivity index (χ1) is 17.2. The lowest BCUT2D eigenvalue weighted by molar-refractivity contribution is 0.0951. The number of amides is 1. The molecule has 4 aromatic rings. The number of H-pyrrole nitrogens is 1. The molecule has 0 fully saturated rings. The number of aryl methyl sites for hydroxylation is 1. The van der Waals surface area contributed by atoms with Gasteiger partial charge in [0, 0.05) is 50.1 Å². The number of hydrogen-bond acceptors (Lipinski definition) is 5. The molecule has 1 aliphatic carbocycles. The van der Waals surface area contributed by atoms with Gasteiger partial charge < -0.3 is 10.3 Å². The number of aromatic amines is 1. The highest BCUT2D eigenvalue weighted by Gasteiger charge is 2.27. The van der Waals surface area contributed by atoms with Gasteiger partial charge in [-0.2, -0.15) is 0 Å². The van der Waals surface area contributed by atoms with Crippen molar-refractivity contribution in [2.45, 2.75) is 44.9 Å². The maximum Gasteiger partial charge on any atom is 0.253 e. The number of carbonyl (C=O) groups excluding carboxylic acids is 1. The van der Waals surface area contributed by atoms with Gasteiger partial charge >= 0.3 is 0 Å². The molecule has 1 amide bonds. The molecule has 0 saturated carbocycles. The van der Waals surface area contributed by atoms with Crippen LogP contribution in [-0.2, 0) is 26.1 Å². The smallest absolute Gasteiger partial charge is 0.253 e. The predicted molar refractivity (Wildman–Crippen MR) is 135 cm³/mol. The zero-order valence-corrected chi connectivity index (χ0v) is 20.1. The zero-order valence-electron chi connectivity index (χ0n) is 19.3. The Kier molecular flexibility index (Phi) is 7.16. The average Bonchev–Trinajstić information content (AvgIpc) is 3.41. The van der Waals surface area contributed by atoms with Crippen molar-refractivity contribution < 1.29 is 4.79 Å². The van der Waals surface area contributed by atoms with Gasteiger partial charge in [-0.05, 0) is 48.1 Å². The molecule has 0 bridgehead atoms.